The van der Waals surface area contributed by atoms with Crippen molar-refractivity contribution in [3.8, 4) is 11.1 Å². The lowest BCUT2D eigenvalue weighted by atomic mass is 10.00. The van der Waals surface area contributed by atoms with Crippen LogP contribution in [0.4, 0.5) is 0 Å². The summed E-state index contributed by atoms with van der Waals surface area (Å²) in [6.45, 7) is 2.45. The van der Waals surface area contributed by atoms with Crippen molar-refractivity contribution >= 4 is 10.1 Å². The van der Waals surface area contributed by atoms with Gasteiger partial charge in [0.1, 0.15) is 0 Å². The summed E-state index contributed by atoms with van der Waals surface area (Å²) in [4.78, 5) is 0. The molecule has 0 bridgehead atoms. The molecule has 0 atom stereocenters. The third-order valence-electron chi connectivity index (χ3n) is 3.97. The predicted molar refractivity (Wildman–Crippen MR) is 99.6 cm³/mol. The minimum Gasteiger partial charge on any atom is -0.270 e. The van der Waals surface area contributed by atoms with Crippen molar-refractivity contribution in [3.63, 3.8) is 0 Å². The van der Waals surface area contributed by atoms with Crippen molar-refractivity contribution < 1.29 is 12.6 Å². The lowest BCUT2D eigenvalue weighted by Crippen LogP contribution is -2.04. The Bertz CT molecular complexity index is 716. The van der Waals surface area contributed by atoms with Crippen LogP contribution in [0.1, 0.15) is 37.3 Å². The minimum atomic E-state index is -3.33. The zero-order valence-electron chi connectivity index (χ0n) is 14.5. The van der Waals surface area contributed by atoms with Crippen molar-refractivity contribution in [3.05, 3.63) is 59.7 Å². The molecule has 0 radical (unpaired) electrons. The van der Waals surface area contributed by atoms with Gasteiger partial charge in [0, 0.05) is 0 Å². The van der Waals surface area contributed by atoms with Crippen molar-refractivity contribution in [2.45, 2.75) is 39.0 Å². The lowest BCUT2D eigenvalue weighted by molar-refractivity contribution is 0.316. The van der Waals surface area contributed by atoms with Gasteiger partial charge < -0.3 is 0 Å². The highest BCUT2D eigenvalue weighted by Crippen LogP contribution is 2.21. The Kier molecular flexibility index (Phi) is 7.00. The lowest BCUT2D eigenvalue weighted by Gasteiger charge is -2.06. The van der Waals surface area contributed by atoms with Crippen LogP contribution in [0.2, 0.25) is 0 Å². The van der Waals surface area contributed by atoms with Crippen LogP contribution < -0.4 is 0 Å². The molecule has 0 aliphatic rings. The van der Waals surface area contributed by atoms with Gasteiger partial charge in [-0.05, 0) is 47.9 Å². The Hall–Kier alpha value is -1.65. The first-order chi connectivity index (χ1) is 11.5. The third-order valence-corrected chi connectivity index (χ3v) is 4.56. The second-order valence-electron chi connectivity index (χ2n) is 6.13. The summed E-state index contributed by atoms with van der Waals surface area (Å²) in [6.07, 6.45) is 6.18. The van der Waals surface area contributed by atoms with Gasteiger partial charge in [0.25, 0.3) is 10.1 Å². The van der Waals surface area contributed by atoms with Crippen LogP contribution >= 0.6 is 0 Å². The zero-order chi connectivity index (χ0) is 17.4. The first-order valence-corrected chi connectivity index (χ1v) is 10.3. The van der Waals surface area contributed by atoms with Gasteiger partial charge >= 0.3 is 0 Å². The van der Waals surface area contributed by atoms with Gasteiger partial charge in [0.05, 0.1) is 12.9 Å². The molecule has 0 aromatic heterocycles. The Morgan fingerprint density at radius 2 is 1.25 bits per heavy atom. The van der Waals surface area contributed by atoms with Crippen LogP contribution in [0.25, 0.3) is 11.1 Å². The van der Waals surface area contributed by atoms with Crippen LogP contribution in [-0.4, -0.2) is 21.3 Å². The van der Waals surface area contributed by atoms with E-state index >= 15 is 0 Å². The van der Waals surface area contributed by atoms with Gasteiger partial charge in [-0.2, -0.15) is 8.42 Å². The standard InChI is InChI=1S/C20H26O3S/c1-3-4-6-17-8-12-19(13-9-17)20-14-10-18(11-15-20)7-5-16-23-24(2,21)22/h8-15H,3-7,16H2,1-2H3. The Balaban J connectivity index is 1.89. The summed E-state index contributed by atoms with van der Waals surface area (Å²) in [5.74, 6) is 0. The van der Waals surface area contributed by atoms with Crippen LogP contribution in [0.15, 0.2) is 48.5 Å². The molecule has 4 heteroatoms. The van der Waals surface area contributed by atoms with Gasteiger partial charge in [-0.3, -0.25) is 4.18 Å². The van der Waals surface area contributed by atoms with E-state index in [9.17, 15) is 8.42 Å². The van der Waals surface area contributed by atoms with E-state index in [1.54, 1.807) is 0 Å². The van der Waals surface area contributed by atoms with Gasteiger partial charge in [-0.1, -0.05) is 61.9 Å². The molecule has 0 saturated carbocycles. The monoisotopic (exact) mass is 346 g/mol. The first-order valence-electron chi connectivity index (χ1n) is 8.50. The van der Waals surface area contributed by atoms with Gasteiger partial charge in [-0.15, -0.1) is 0 Å². The van der Waals surface area contributed by atoms with Crippen LogP contribution in [0.3, 0.4) is 0 Å². The highest BCUT2D eigenvalue weighted by molar-refractivity contribution is 7.85. The fourth-order valence-electron chi connectivity index (χ4n) is 2.60. The van der Waals surface area contributed by atoms with Gasteiger partial charge in [-0.25, -0.2) is 0 Å². The molecule has 0 amide bonds. The maximum atomic E-state index is 10.9. The van der Waals surface area contributed by atoms with E-state index in [1.165, 1.54) is 35.1 Å². The molecule has 0 N–H and O–H groups in total. The maximum Gasteiger partial charge on any atom is 0.264 e. The SMILES string of the molecule is CCCCc1ccc(-c2ccc(CCCOS(C)(=O)=O)cc2)cc1. The third kappa shape index (κ3) is 6.46. The number of hydrogen-bond acceptors (Lipinski definition) is 3. The van der Waals surface area contributed by atoms with Crippen LogP contribution in [0, 0.1) is 0 Å². The molecular formula is C20H26O3S. The van der Waals surface area contributed by atoms with E-state index in [1.807, 2.05) is 0 Å². The molecule has 0 fully saturated rings. The minimum absolute atomic E-state index is 0.236. The number of rotatable bonds is 9. The predicted octanol–water partition coefficient (Wildman–Crippen LogP) is 4.61. The summed E-state index contributed by atoms with van der Waals surface area (Å²) in [5, 5.41) is 0. The molecule has 3 nitrogen and oxygen atoms in total. The average molecular weight is 346 g/mol. The second kappa shape index (κ2) is 9.00. The normalized spacial score (nSPS) is 11.6. The molecule has 2 rings (SSSR count). The van der Waals surface area contributed by atoms with E-state index < -0.39 is 10.1 Å². The summed E-state index contributed by atoms with van der Waals surface area (Å²) < 4.78 is 26.6. The van der Waals surface area contributed by atoms with E-state index in [0.717, 1.165) is 19.1 Å². The quantitative estimate of drug-likeness (QED) is 0.492. The smallest absolute Gasteiger partial charge is 0.264 e. The van der Waals surface area contributed by atoms with E-state index in [4.69, 9.17) is 4.18 Å². The molecule has 24 heavy (non-hydrogen) atoms. The van der Waals surface area contributed by atoms with Gasteiger partial charge in [0.2, 0.25) is 0 Å². The number of unbranched alkanes of at least 4 members (excludes halogenated alkanes) is 1. The molecule has 0 aliphatic heterocycles. The number of aryl methyl sites for hydroxylation is 2. The second-order valence-corrected chi connectivity index (χ2v) is 7.77. The van der Waals surface area contributed by atoms with Crippen molar-refractivity contribution in [1.29, 1.82) is 0 Å². The van der Waals surface area contributed by atoms with E-state index in [0.29, 0.717) is 6.42 Å². The topological polar surface area (TPSA) is 43.4 Å². The van der Waals surface area contributed by atoms with E-state index in [2.05, 4.69) is 55.5 Å². The van der Waals surface area contributed by atoms with Crippen LogP contribution in [0.5, 0.6) is 0 Å². The molecule has 0 spiro atoms. The molecular weight excluding hydrogens is 320 g/mol. The molecule has 2 aromatic rings. The number of benzene rings is 2. The molecule has 0 unspecified atom stereocenters. The summed E-state index contributed by atoms with van der Waals surface area (Å²) in [7, 11) is -3.33. The molecule has 0 heterocycles. The van der Waals surface area contributed by atoms with E-state index in [-0.39, 0.29) is 6.61 Å². The number of hydrogen-bond donors (Lipinski definition) is 0. The fraction of sp³-hybridized carbons (Fsp3) is 0.400. The molecule has 130 valence electrons. The molecule has 0 saturated heterocycles. The Morgan fingerprint density at radius 3 is 1.67 bits per heavy atom. The van der Waals surface area contributed by atoms with Crippen molar-refractivity contribution in [1.82, 2.24) is 0 Å². The average Bonchev–Trinajstić information content (AvgIpc) is 2.57. The molecule has 2 aromatic carbocycles. The van der Waals surface area contributed by atoms with Gasteiger partial charge in [0.15, 0.2) is 0 Å². The van der Waals surface area contributed by atoms with Crippen molar-refractivity contribution in [2.24, 2.45) is 0 Å². The maximum absolute atomic E-state index is 10.9. The highest BCUT2D eigenvalue weighted by atomic mass is 32.2. The summed E-state index contributed by atoms with van der Waals surface area (Å²) in [5.41, 5.74) is 5.01. The summed E-state index contributed by atoms with van der Waals surface area (Å²) in [6, 6.07) is 17.2. The Morgan fingerprint density at radius 1 is 0.792 bits per heavy atom. The first kappa shape index (κ1) is 18.7. The highest BCUT2D eigenvalue weighted by Gasteiger charge is 2.02. The Labute approximate surface area is 145 Å². The zero-order valence-corrected chi connectivity index (χ0v) is 15.3. The summed E-state index contributed by atoms with van der Waals surface area (Å²) >= 11 is 0. The van der Waals surface area contributed by atoms with Crippen molar-refractivity contribution in [2.75, 3.05) is 12.9 Å². The fourth-order valence-corrected chi connectivity index (χ4v) is 3.02. The largest absolute Gasteiger partial charge is 0.270 e. The molecule has 0 aliphatic carbocycles. The van der Waals surface area contributed by atoms with Crippen LogP contribution in [-0.2, 0) is 27.1 Å².